The van der Waals surface area contributed by atoms with E-state index in [4.69, 9.17) is 0 Å². The Morgan fingerprint density at radius 1 is 1.35 bits per heavy atom. The molecule has 0 aromatic rings. The Morgan fingerprint density at radius 2 is 2.00 bits per heavy atom. The standard InChI is InChI=1S/C12H23NO3S/c1-2-11-4-6-12(14,7-5-11)10-13-8-3-9-17(13,15)16/h11,14H,2-10H2,1H3. The molecule has 1 saturated carbocycles. The van der Waals surface area contributed by atoms with Crippen LogP contribution in [0.2, 0.25) is 0 Å². The molecule has 0 unspecified atom stereocenters. The zero-order chi connectivity index (χ0) is 12.5. The monoisotopic (exact) mass is 261 g/mol. The summed E-state index contributed by atoms with van der Waals surface area (Å²) in [5, 5.41) is 10.5. The molecular formula is C12H23NO3S. The van der Waals surface area contributed by atoms with E-state index in [9.17, 15) is 13.5 Å². The minimum Gasteiger partial charge on any atom is -0.389 e. The second kappa shape index (κ2) is 4.86. The van der Waals surface area contributed by atoms with Crippen molar-refractivity contribution >= 4 is 10.0 Å². The molecule has 1 heterocycles. The number of rotatable bonds is 3. The maximum Gasteiger partial charge on any atom is 0.214 e. The van der Waals surface area contributed by atoms with Crippen LogP contribution in [0.3, 0.4) is 0 Å². The van der Waals surface area contributed by atoms with Gasteiger partial charge in [-0.1, -0.05) is 13.3 Å². The Balaban J connectivity index is 1.95. The summed E-state index contributed by atoms with van der Waals surface area (Å²) >= 11 is 0. The summed E-state index contributed by atoms with van der Waals surface area (Å²) in [5.41, 5.74) is -0.775. The molecule has 1 aliphatic heterocycles. The average molecular weight is 261 g/mol. The van der Waals surface area contributed by atoms with Gasteiger partial charge in [-0.05, 0) is 38.0 Å². The summed E-state index contributed by atoms with van der Waals surface area (Å²) in [6.07, 6.45) is 5.42. The smallest absolute Gasteiger partial charge is 0.214 e. The van der Waals surface area contributed by atoms with E-state index >= 15 is 0 Å². The summed E-state index contributed by atoms with van der Waals surface area (Å²) in [4.78, 5) is 0. The lowest BCUT2D eigenvalue weighted by Gasteiger charge is -2.37. The number of sulfonamides is 1. The zero-order valence-electron chi connectivity index (χ0n) is 10.6. The molecule has 2 aliphatic rings. The van der Waals surface area contributed by atoms with E-state index in [0.29, 0.717) is 25.4 Å². The highest BCUT2D eigenvalue weighted by atomic mass is 32.2. The Morgan fingerprint density at radius 3 is 2.47 bits per heavy atom. The first-order valence-electron chi connectivity index (χ1n) is 6.65. The van der Waals surface area contributed by atoms with Crippen LogP contribution in [-0.4, -0.2) is 42.3 Å². The Bertz CT molecular complexity index is 358. The first kappa shape index (κ1) is 13.3. The summed E-state index contributed by atoms with van der Waals surface area (Å²) < 4.78 is 24.9. The molecule has 0 radical (unpaired) electrons. The Hall–Kier alpha value is -0.130. The summed E-state index contributed by atoms with van der Waals surface area (Å²) in [5.74, 6) is 0.964. The van der Waals surface area contributed by atoms with Crippen LogP contribution in [0.4, 0.5) is 0 Å². The SMILES string of the molecule is CCC1CCC(O)(CN2CCCS2(=O)=O)CC1. The van der Waals surface area contributed by atoms with Crippen molar-refractivity contribution in [1.82, 2.24) is 4.31 Å². The first-order chi connectivity index (χ1) is 7.95. The lowest BCUT2D eigenvalue weighted by Crippen LogP contribution is -2.46. The van der Waals surface area contributed by atoms with E-state index in [2.05, 4.69) is 6.92 Å². The molecule has 1 N–H and O–H groups in total. The van der Waals surface area contributed by atoms with Crippen LogP contribution in [0.5, 0.6) is 0 Å². The van der Waals surface area contributed by atoms with Gasteiger partial charge in [0.25, 0.3) is 0 Å². The minimum atomic E-state index is -3.07. The van der Waals surface area contributed by atoms with Crippen LogP contribution in [0.25, 0.3) is 0 Å². The highest BCUT2D eigenvalue weighted by molar-refractivity contribution is 7.89. The maximum atomic E-state index is 11.7. The van der Waals surface area contributed by atoms with Crippen molar-refractivity contribution in [2.24, 2.45) is 5.92 Å². The van der Waals surface area contributed by atoms with Crippen molar-refractivity contribution in [3.63, 3.8) is 0 Å². The molecule has 0 aromatic heterocycles. The van der Waals surface area contributed by atoms with Crippen LogP contribution >= 0.6 is 0 Å². The molecule has 1 saturated heterocycles. The van der Waals surface area contributed by atoms with Gasteiger partial charge in [-0.25, -0.2) is 8.42 Å². The largest absolute Gasteiger partial charge is 0.389 e. The molecule has 0 bridgehead atoms. The van der Waals surface area contributed by atoms with E-state index < -0.39 is 15.6 Å². The van der Waals surface area contributed by atoms with Crippen molar-refractivity contribution in [2.45, 2.75) is 51.0 Å². The van der Waals surface area contributed by atoms with Gasteiger partial charge in [0.15, 0.2) is 0 Å². The van der Waals surface area contributed by atoms with Gasteiger partial charge in [-0.15, -0.1) is 0 Å². The molecular weight excluding hydrogens is 238 g/mol. The van der Waals surface area contributed by atoms with Gasteiger partial charge in [0.05, 0.1) is 11.4 Å². The number of hydrogen-bond donors (Lipinski definition) is 1. The van der Waals surface area contributed by atoms with Gasteiger partial charge in [-0.3, -0.25) is 0 Å². The van der Waals surface area contributed by atoms with Crippen LogP contribution in [0.1, 0.15) is 45.4 Å². The molecule has 17 heavy (non-hydrogen) atoms. The summed E-state index contributed by atoms with van der Waals surface area (Å²) in [6, 6.07) is 0. The number of nitrogens with zero attached hydrogens (tertiary/aromatic N) is 1. The molecule has 0 aromatic carbocycles. The van der Waals surface area contributed by atoms with Gasteiger partial charge in [0, 0.05) is 13.1 Å². The average Bonchev–Trinajstić information content (AvgIpc) is 2.59. The van der Waals surface area contributed by atoms with Crippen molar-refractivity contribution in [3.8, 4) is 0 Å². The van der Waals surface area contributed by atoms with Crippen molar-refractivity contribution < 1.29 is 13.5 Å². The predicted octanol–water partition coefficient (Wildman–Crippen LogP) is 1.35. The fraction of sp³-hybridized carbons (Fsp3) is 1.00. The van der Waals surface area contributed by atoms with E-state index in [-0.39, 0.29) is 5.75 Å². The van der Waals surface area contributed by atoms with E-state index in [1.54, 1.807) is 0 Å². The van der Waals surface area contributed by atoms with Gasteiger partial charge in [0.1, 0.15) is 0 Å². The summed E-state index contributed by atoms with van der Waals surface area (Å²) in [6.45, 7) is 3.08. The molecule has 4 nitrogen and oxygen atoms in total. The van der Waals surface area contributed by atoms with Crippen LogP contribution < -0.4 is 0 Å². The second-order valence-electron chi connectivity index (χ2n) is 5.58. The van der Waals surface area contributed by atoms with Crippen molar-refractivity contribution in [2.75, 3.05) is 18.8 Å². The minimum absolute atomic E-state index is 0.251. The highest BCUT2D eigenvalue weighted by Gasteiger charge is 2.39. The number of aliphatic hydroxyl groups is 1. The van der Waals surface area contributed by atoms with Crippen LogP contribution in [0, 0.1) is 5.92 Å². The van der Waals surface area contributed by atoms with Crippen LogP contribution in [-0.2, 0) is 10.0 Å². The molecule has 5 heteroatoms. The normalized spacial score (nSPS) is 38.4. The fourth-order valence-electron chi connectivity index (χ4n) is 2.98. The molecule has 2 fully saturated rings. The number of hydrogen-bond acceptors (Lipinski definition) is 3. The van der Waals surface area contributed by atoms with E-state index in [0.717, 1.165) is 32.1 Å². The highest BCUT2D eigenvalue weighted by Crippen LogP contribution is 2.35. The third kappa shape index (κ3) is 3.01. The predicted molar refractivity (Wildman–Crippen MR) is 67.2 cm³/mol. The van der Waals surface area contributed by atoms with E-state index in [1.807, 2.05) is 0 Å². The molecule has 0 atom stereocenters. The third-order valence-corrected chi connectivity index (χ3v) is 6.19. The Labute approximate surface area is 104 Å². The first-order valence-corrected chi connectivity index (χ1v) is 8.26. The summed E-state index contributed by atoms with van der Waals surface area (Å²) in [7, 11) is -3.07. The number of β-amino-alcohol motifs (C(OH)–C–C–N with tert-alkyl or cyclic N) is 1. The van der Waals surface area contributed by atoms with Gasteiger partial charge >= 0.3 is 0 Å². The van der Waals surface area contributed by atoms with Gasteiger partial charge in [-0.2, -0.15) is 4.31 Å². The topological polar surface area (TPSA) is 57.6 Å². The maximum absolute atomic E-state index is 11.7. The van der Waals surface area contributed by atoms with Crippen LogP contribution in [0.15, 0.2) is 0 Å². The molecule has 1 aliphatic carbocycles. The lowest BCUT2D eigenvalue weighted by atomic mass is 9.78. The molecule has 2 rings (SSSR count). The molecule has 100 valence electrons. The molecule has 0 spiro atoms. The van der Waals surface area contributed by atoms with Gasteiger partial charge < -0.3 is 5.11 Å². The Kier molecular flexibility index (Phi) is 3.80. The van der Waals surface area contributed by atoms with E-state index in [1.165, 1.54) is 4.31 Å². The lowest BCUT2D eigenvalue weighted by molar-refractivity contribution is -0.0216. The second-order valence-corrected chi connectivity index (χ2v) is 7.67. The third-order valence-electron chi connectivity index (χ3n) is 4.29. The van der Waals surface area contributed by atoms with Gasteiger partial charge in [0.2, 0.25) is 10.0 Å². The van der Waals surface area contributed by atoms with Crippen molar-refractivity contribution in [3.05, 3.63) is 0 Å². The quantitative estimate of drug-likeness (QED) is 0.834. The molecule has 0 amide bonds. The fourth-order valence-corrected chi connectivity index (χ4v) is 4.57. The zero-order valence-corrected chi connectivity index (χ0v) is 11.4. The van der Waals surface area contributed by atoms with Crippen molar-refractivity contribution in [1.29, 1.82) is 0 Å².